The van der Waals surface area contributed by atoms with Crippen LogP contribution in [0.15, 0.2) is 24.3 Å². The van der Waals surface area contributed by atoms with Crippen LogP contribution in [0.1, 0.15) is 0 Å². The number of rotatable bonds is 4. The molecule has 6 nitrogen and oxygen atoms in total. The maximum atomic E-state index is 13.0. The van der Waals surface area contributed by atoms with Gasteiger partial charge in [-0.2, -0.15) is 0 Å². The predicted octanol–water partition coefficient (Wildman–Crippen LogP) is 0.417. The molecule has 0 aromatic heterocycles. The van der Waals surface area contributed by atoms with Crippen molar-refractivity contribution in [3.63, 3.8) is 0 Å². The van der Waals surface area contributed by atoms with Crippen molar-refractivity contribution in [1.82, 2.24) is 5.32 Å². The molecule has 0 saturated heterocycles. The molecule has 2 amide bonds. The first-order valence-electron chi connectivity index (χ1n) is 5.09. The number of hydrogen-bond donors (Lipinski definition) is 3. The van der Waals surface area contributed by atoms with Crippen molar-refractivity contribution in [1.29, 1.82) is 0 Å². The molecule has 0 spiro atoms. The summed E-state index contributed by atoms with van der Waals surface area (Å²) >= 11 is 0. The molecule has 0 aliphatic heterocycles. The van der Waals surface area contributed by atoms with Gasteiger partial charge in [0.1, 0.15) is 5.82 Å². The van der Waals surface area contributed by atoms with Crippen molar-refractivity contribution in [2.75, 3.05) is 18.6 Å². The summed E-state index contributed by atoms with van der Waals surface area (Å²) in [6, 6.07) is 3.14. The summed E-state index contributed by atoms with van der Waals surface area (Å²) in [6.45, 7) is -0.724. The van der Waals surface area contributed by atoms with Gasteiger partial charge in [-0.3, -0.25) is 4.90 Å². The summed E-state index contributed by atoms with van der Waals surface area (Å²) in [6.07, 6.45) is 0. The Morgan fingerprint density at radius 3 is 2.67 bits per heavy atom. The lowest BCUT2D eigenvalue weighted by Crippen LogP contribution is -2.48. The minimum absolute atomic E-state index is 0.273. The normalized spacial score (nSPS) is 11.7. The molecule has 0 saturated carbocycles. The van der Waals surface area contributed by atoms with Gasteiger partial charge in [0, 0.05) is 12.7 Å². The number of aliphatic hydroxyl groups excluding tert-OH is 1. The number of anilines is 1. The van der Waals surface area contributed by atoms with Crippen LogP contribution < -0.4 is 10.2 Å². The lowest BCUT2D eigenvalue weighted by Gasteiger charge is -2.20. The SMILES string of the molecule is CN(C(=O)N[C@@H](CO)C(=O)O)c1cccc(F)c1. The second-order valence-corrected chi connectivity index (χ2v) is 3.56. The van der Waals surface area contributed by atoms with E-state index in [2.05, 4.69) is 5.32 Å². The molecule has 0 radical (unpaired) electrons. The summed E-state index contributed by atoms with van der Waals surface area (Å²) in [5, 5.41) is 19.5. The molecule has 0 aliphatic rings. The third-order valence-electron chi connectivity index (χ3n) is 2.28. The minimum atomic E-state index is -1.39. The number of amides is 2. The number of urea groups is 1. The second-order valence-electron chi connectivity index (χ2n) is 3.56. The van der Waals surface area contributed by atoms with Gasteiger partial charge in [-0.1, -0.05) is 6.07 Å². The molecule has 1 rings (SSSR count). The van der Waals surface area contributed by atoms with E-state index in [0.717, 1.165) is 11.0 Å². The summed E-state index contributed by atoms with van der Waals surface area (Å²) in [7, 11) is 1.36. The average molecular weight is 256 g/mol. The van der Waals surface area contributed by atoms with Gasteiger partial charge < -0.3 is 15.5 Å². The first-order chi connectivity index (χ1) is 8.45. The summed E-state index contributed by atoms with van der Waals surface area (Å²) in [4.78, 5) is 23.3. The molecule has 0 aliphatic carbocycles. The van der Waals surface area contributed by atoms with Crippen molar-refractivity contribution < 1.29 is 24.2 Å². The number of benzene rings is 1. The van der Waals surface area contributed by atoms with E-state index in [4.69, 9.17) is 10.2 Å². The van der Waals surface area contributed by atoms with E-state index >= 15 is 0 Å². The maximum absolute atomic E-state index is 13.0. The molecule has 0 fully saturated rings. The summed E-state index contributed by atoms with van der Waals surface area (Å²) in [5.41, 5.74) is 0.273. The number of hydrogen-bond acceptors (Lipinski definition) is 3. The van der Waals surface area contributed by atoms with Gasteiger partial charge in [0.15, 0.2) is 6.04 Å². The van der Waals surface area contributed by atoms with Crippen LogP contribution in [0, 0.1) is 5.82 Å². The maximum Gasteiger partial charge on any atom is 0.328 e. The Hall–Kier alpha value is -2.15. The van der Waals surface area contributed by atoms with E-state index in [1.165, 1.54) is 25.2 Å². The molecule has 98 valence electrons. The molecule has 1 aromatic carbocycles. The molecule has 0 heterocycles. The van der Waals surface area contributed by atoms with Crippen molar-refractivity contribution in [3.05, 3.63) is 30.1 Å². The molecule has 18 heavy (non-hydrogen) atoms. The van der Waals surface area contributed by atoms with Crippen LogP contribution in [-0.2, 0) is 4.79 Å². The number of halogens is 1. The number of carboxylic acid groups (broad SMARTS) is 1. The third kappa shape index (κ3) is 3.42. The van der Waals surface area contributed by atoms with E-state index in [9.17, 15) is 14.0 Å². The van der Waals surface area contributed by atoms with Gasteiger partial charge in [-0.15, -0.1) is 0 Å². The molecule has 3 N–H and O–H groups in total. The number of aliphatic carboxylic acids is 1. The van der Waals surface area contributed by atoms with Gasteiger partial charge in [-0.05, 0) is 18.2 Å². The zero-order chi connectivity index (χ0) is 13.7. The molecule has 1 aromatic rings. The monoisotopic (exact) mass is 256 g/mol. The van der Waals surface area contributed by atoms with E-state index in [-0.39, 0.29) is 5.69 Å². The first-order valence-corrected chi connectivity index (χ1v) is 5.09. The Morgan fingerprint density at radius 1 is 1.50 bits per heavy atom. The van der Waals surface area contributed by atoms with Crippen LogP contribution in [0.2, 0.25) is 0 Å². The van der Waals surface area contributed by atoms with E-state index in [1.54, 1.807) is 0 Å². The standard InChI is InChI=1S/C11H13FN2O4/c1-14(8-4-2-3-7(12)5-8)11(18)13-9(6-15)10(16)17/h2-5,9,15H,6H2,1H3,(H,13,18)(H,16,17)/t9-/m0/s1. The fourth-order valence-corrected chi connectivity index (χ4v) is 1.23. The van der Waals surface area contributed by atoms with Crippen LogP contribution in [0.25, 0.3) is 0 Å². The second kappa shape index (κ2) is 5.97. The average Bonchev–Trinajstić information content (AvgIpc) is 2.34. The molecule has 0 bridgehead atoms. The Kier molecular flexibility index (Phi) is 4.61. The Balaban J connectivity index is 2.75. The number of nitrogens with zero attached hydrogens (tertiary/aromatic N) is 1. The zero-order valence-corrected chi connectivity index (χ0v) is 9.63. The Labute approximate surface area is 103 Å². The van der Waals surface area contributed by atoms with Gasteiger partial charge in [0.25, 0.3) is 0 Å². The Bertz CT molecular complexity index is 452. The van der Waals surface area contributed by atoms with Crippen LogP contribution in [0.3, 0.4) is 0 Å². The lowest BCUT2D eigenvalue weighted by molar-refractivity contribution is -0.140. The zero-order valence-electron chi connectivity index (χ0n) is 9.63. The van der Waals surface area contributed by atoms with E-state index < -0.39 is 30.5 Å². The smallest absolute Gasteiger partial charge is 0.328 e. The van der Waals surface area contributed by atoms with Gasteiger partial charge >= 0.3 is 12.0 Å². The number of nitrogens with one attached hydrogen (secondary N) is 1. The van der Waals surface area contributed by atoms with Gasteiger partial charge in [-0.25, -0.2) is 14.0 Å². The molecular formula is C11H13FN2O4. The minimum Gasteiger partial charge on any atom is -0.480 e. The molecular weight excluding hydrogens is 243 g/mol. The highest BCUT2D eigenvalue weighted by molar-refractivity contribution is 5.93. The predicted molar refractivity (Wildman–Crippen MR) is 61.8 cm³/mol. The fraction of sp³-hybridized carbons (Fsp3) is 0.273. The largest absolute Gasteiger partial charge is 0.480 e. The molecule has 1 atom stereocenters. The van der Waals surface area contributed by atoms with Crippen LogP contribution in [0.4, 0.5) is 14.9 Å². The van der Waals surface area contributed by atoms with Crippen LogP contribution in [-0.4, -0.2) is 41.9 Å². The number of carbonyl (C=O) groups excluding carboxylic acids is 1. The Morgan fingerprint density at radius 2 is 2.17 bits per heavy atom. The molecule has 0 unspecified atom stereocenters. The summed E-state index contributed by atoms with van der Waals surface area (Å²) in [5.74, 6) is -1.86. The lowest BCUT2D eigenvalue weighted by atomic mass is 10.3. The van der Waals surface area contributed by atoms with Crippen LogP contribution >= 0.6 is 0 Å². The number of carbonyl (C=O) groups is 2. The number of aliphatic hydroxyl groups is 1. The van der Waals surface area contributed by atoms with Crippen LogP contribution in [0.5, 0.6) is 0 Å². The van der Waals surface area contributed by atoms with Gasteiger partial charge in [0.2, 0.25) is 0 Å². The first kappa shape index (κ1) is 13.9. The summed E-state index contributed by atoms with van der Waals surface area (Å²) < 4.78 is 13.0. The van der Waals surface area contributed by atoms with Gasteiger partial charge in [0.05, 0.1) is 6.61 Å². The third-order valence-corrected chi connectivity index (χ3v) is 2.28. The van der Waals surface area contributed by atoms with E-state index in [1.807, 2.05) is 0 Å². The van der Waals surface area contributed by atoms with Crippen molar-refractivity contribution >= 4 is 17.7 Å². The topological polar surface area (TPSA) is 89.9 Å². The van der Waals surface area contributed by atoms with E-state index in [0.29, 0.717) is 0 Å². The quantitative estimate of drug-likeness (QED) is 0.728. The van der Waals surface area contributed by atoms with Crippen molar-refractivity contribution in [3.8, 4) is 0 Å². The van der Waals surface area contributed by atoms with Crippen molar-refractivity contribution in [2.24, 2.45) is 0 Å². The highest BCUT2D eigenvalue weighted by atomic mass is 19.1. The number of carboxylic acids is 1. The highest BCUT2D eigenvalue weighted by Gasteiger charge is 2.21. The molecule has 7 heteroatoms. The van der Waals surface area contributed by atoms with Crippen molar-refractivity contribution in [2.45, 2.75) is 6.04 Å². The fourth-order valence-electron chi connectivity index (χ4n) is 1.23. The highest BCUT2D eigenvalue weighted by Crippen LogP contribution is 2.13.